The van der Waals surface area contributed by atoms with E-state index in [1.54, 1.807) is 23.0 Å². The average Bonchev–Trinajstić information content (AvgIpc) is 3.17. The topological polar surface area (TPSA) is 70.4 Å². The number of aryl methyl sites for hydroxylation is 2. The third-order valence-electron chi connectivity index (χ3n) is 5.37. The first-order chi connectivity index (χ1) is 15.1. The lowest BCUT2D eigenvalue weighted by molar-refractivity contribution is -0.140. The van der Waals surface area contributed by atoms with Crippen LogP contribution in [-0.4, -0.2) is 35.0 Å². The van der Waals surface area contributed by atoms with E-state index < -0.39 is 0 Å². The molecule has 1 aliphatic rings. The van der Waals surface area contributed by atoms with E-state index in [9.17, 15) is 9.59 Å². The summed E-state index contributed by atoms with van der Waals surface area (Å²) in [6.07, 6.45) is 5.99. The fraction of sp³-hybridized carbons (Fsp3) is 0.435. The van der Waals surface area contributed by atoms with Gasteiger partial charge in [0.05, 0.1) is 30.5 Å². The molecule has 0 amide bonds. The van der Waals surface area contributed by atoms with Gasteiger partial charge >= 0.3 is 5.97 Å². The molecule has 6 nitrogen and oxygen atoms in total. The monoisotopic (exact) mass is 458 g/mol. The average molecular weight is 459 g/mol. The van der Waals surface area contributed by atoms with Crippen LogP contribution in [0.5, 0.6) is 5.75 Å². The second kappa shape index (κ2) is 9.87. The molecule has 1 aromatic carbocycles. The van der Waals surface area contributed by atoms with E-state index in [0.717, 1.165) is 54.3 Å². The van der Waals surface area contributed by atoms with Crippen LogP contribution in [0.3, 0.4) is 0 Å². The van der Waals surface area contributed by atoms with E-state index in [1.807, 2.05) is 24.3 Å². The number of carbonyl (C=O) groups is 1. The summed E-state index contributed by atoms with van der Waals surface area (Å²) >= 11 is 2.86. The molecule has 0 bridgehead atoms. The third kappa shape index (κ3) is 4.65. The first-order valence-electron chi connectivity index (χ1n) is 10.6. The summed E-state index contributed by atoms with van der Waals surface area (Å²) in [5.74, 6) is 0.537. The molecule has 0 unspecified atom stereocenters. The Bertz CT molecular complexity index is 1140. The van der Waals surface area contributed by atoms with Gasteiger partial charge in [-0.3, -0.25) is 14.2 Å². The Kier molecular flexibility index (Phi) is 6.97. The molecule has 4 rings (SSSR count). The number of hydrogen-bond donors (Lipinski definition) is 0. The van der Waals surface area contributed by atoms with E-state index in [1.165, 1.54) is 16.6 Å². The van der Waals surface area contributed by atoms with Gasteiger partial charge < -0.3 is 9.47 Å². The zero-order valence-electron chi connectivity index (χ0n) is 17.8. The molecule has 31 heavy (non-hydrogen) atoms. The van der Waals surface area contributed by atoms with Gasteiger partial charge in [-0.05, 0) is 61.9 Å². The molecule has 164 valence electrons. The Balaban J connectivity index is 1.75. The number of thiophene rings is 1. The number of esters is 1. The van der Waals surface area contributed by atoms with Crippen molar-refractivity contribution >= 4 is 39.3 Å². The molecule has 0 aliphatic heterocycles. The zero-order valence-corrected chi connectivity index (χ0v) is 19.4. The van der Waals surface area contributed by atoms with Gasteiger partial charge in [0, 0.05) is 4.88 Å². The number of methoxy groups -OCH3 is 1. The summed E-state index contributed by atoms with van der Waals surface area (Å²) in [6.45, 7) is 2.47. The number of hydrogen-bond acceptors (Lipinski definition) is 7. The van der Waals surface area contributed by atoms with Crippen molar-refractivity contribution in [3.63, 3.8) is 0 Å². The van der Waals surface area contributed by atoms with Crippen molar-refractivity contribution in [2.45, 2.75) is 50.6 Å². The number of thioether (sulfide) groups is 1. The fourth-order valence-electron chi connectivity index (χ4n) is 3.74. The van der Waals surface area contributed by atoms with Crippen molar-refractivity contribution in [1.82, 2.24) is 9.55 Å². The highest BCUT2D eigenvalue weighted by Crippen LogP contribution is 2.35. The van der Waals surface area contributed by atoms with Crippen LogP contribution in [0, 0.1) is 0 Å². The summed E-state index contributed by atoms with van der Waals surface area (Å²) in [6, 6.07) is 7.33. The van der Waals surface area contributed by atoms with E-state index in [-0.39, 0.29) is 17.3 Å². The molecule has 1 aliphatic carbocycles. The Hall–Kier alpha value is -2.32. The Labute approximate surface area is 189 Å². The number of ether oxygens (including phenoxy) is 2. The number of unbranched alkanes of at least 4 members (excludes halogenated alkanes) is 1. The molecule has 0 N–H and O–H groups in total. The summed E-state index contributed by atoms with van der Waals surface area (Å²) in [7, 11) is 1.61. The van der Waals surface area contributed by atoms with Crippen molar-refractivity contribution in [2.24, 2.45) is 0 Å². The predicted octanol–water partition coefficient (Wildman–Crippen LogP) is 4.77. The Morgan fingerprint density at radius 1 is 1.23 bits per heavy atom. The molecule has 0 fully saturated rings. The molecule has 2 aromatic heterocycles. The number of rotatable bonds is 8. The number of carbonyl (C=O) groups excluding carboxylic acids is 1. The van der Waals surface area contributed by atoms with Crippen molar-refractivity contribution in [1.29, 1.82) is 0 Å². The number of benzene rings is 1. The molecule has 0 atom stereocenters. The quantitative estimate of drug-likeness (QED) is 0.210. The van der Waals surface area contributed by atoms with Crippen molar-refractivity contribution in [3.8, 4) is 11.4 Å². The van der Waals surface area contributed by atoms with Crippen LogP contribution in [0.2, 0.25) is 0 Å². The lowest BCUT2D eigenvalue weighted by Crippen LogP contribution is -2.23. The molecular weight excluding hydrogens is 432 g/mol. The Morgan fingerprint density at radius 3 is 2.74 bits per heavy atom. The van der Waals surface area contributed by atoms with Gasteiger partial charge in [-0.25, -0.2) is 4.98 Å². The SMILES string of the molecule is CCCCOC(=O)CSc1nc2sc3c(c2c(=O)n1-c1ccc(OC)cc1)CCCC3. The Morgan fingerprint density at radius 2 is 2.00 bits per heavy atom. The summed E-state index contributed by atoms with van der Waals surface area (Å²) < 4.78 is 12.1. The maximum absolute atomic E-state index is 13.7. The van der Waals surface area contributed by atoms with Crippen molar-refractivity contribution < 1.29 is 14.3 Å². The van der Waals surface area contributed by atoms with E-state index in [4.69, 9.17) is 14.5 Å². The van der Waals surface area contributed by atoms with Crippen LogP contribution < -0.4 is 10.3 Å². The molecule has 0 saturated carbocycles. The molecule has 8 heteroatoms. The van der Waals surface area contributed by atoms with Gasteiger partial charge in [-0.15, -0.1) is 11.3 Å². The van der Waals surface area contributed by atoms with Gasteiger partial charge in [-0.2, -0.15) is 0 Å². The lowest BCUT2D eigenvalue weighted by Gasteiger charge is -2.14. The van der Waals surface area contributed by atoms with Crippen LogP contribution in [-0.2, 0) is 22.4 Å². The minimum absolute atomic E-state index is 0.0728. The lowest BCUT2D eigenvalue weighted by atomic mass is 9.97. The van der Waals surface area contributed by atoms with Gasteiger partial charge in [0.15, 0.2) is 5.16 Å². The number of fused-ring (bicyclic) bond motifs is 3. The molecule has 3 aromatic rings. The summed E-state index contributed by atoms with van der Waals surface area (Å²) in [5, 5.41) is 1.24. The first kappa shape index (κ1) is 21.9. The third-order valence-corrected chi connectivity index (χ3v) is 7.47. The maximum atomic E-state index is 13.7. The van der Waals surface area contributed by atoms with Gasteiger partial charge in [0.25, 0.3) is 5.56 Å². The van der Waals surface area contributed by atoms with E-state index in [0.29, 0.717) is 23.2 Å². The van der Waals surface area contributed by atoms with E-state index >= 15 is 0 Å². The highest BCUT2D eigenvalue weighted by atomic mass is 32.2. The molecular formula is C23H26N2O4S2. The van der Waals surface area contributed by atoms with Gasteiger partial charge in [-0.1, -0.05) is 25.1 Å². The minimum atomic E-state index is -0.292. The molecule has 0 radical (unpaired) electrons. The zero-order chi connectivity index (χ0) is 21.8. The maximum Gasteiger partial charge on any atom is 0.316 e. The van der Waals surface area contributed by atoms with Crippen LogP contribution in [0.4, 0.5) is 0 Å². The fourth-order valence-corrected chi connectivity index (χ4v) is 5.85. The van der Waals surface area contributed by atoms with E-state index in [2.05, 4.69) is 6.92 Å². The van der Waals surface area contributed by atoms with Crippen LogP contribution in [0.25, 0.3) is 15.9 Å². The highest BCUT2D eigenvalue weighted by Gasteiger charge is 2.23. The molecule has 2 heterocycles. The molecule has 0 saturated heterocycles. The molecule has 0 spiro atoms. The highest BCUT2D eigenvalue weighted by molar-refractivity contribution is 7.99. The summed E-state index contributed by atoms with van der Waals surface area (Å²) in [4.78, 5) is 32.7. The standard InChI is InChI=1S/C23H26N2O4S2/c1-3-4-13-29-19(26)14-30-23-24-21-20(17-7-5-6-8-18(17)31-21)22(27)25(23)15-9-11-16(28-2)12-10-15/h9-12H,3-8,13-14H2,1-2H3. The van der Waals surface area contributed by atoms with Crippen LogP contribution >= 0.6 is 23.1 Å². The van der Waals surface area contributed by atoms with Crippen LogP contribution in [0.15, 0.2) is 34.2 Å². The largest absolute Gasteiger partial charge is 0.497 e. The van der Waals surface area contributed by atoms with Gasteiger partial charge in [0.2, 0.25) is 0 Å². The second-order valence-corrected chi connectivity index (χ2v) is 9.51. The summed E-state index contributed by atoms with van der Waals surface area (Å²) in [5.41, 5.74) is 1.79. The second-order valence-electron chi connectivity index (χ2n) is 7.49. The van der Waals surface area contributed by atoms with Gasteiger partial charge in [0.1, 0.15) is 10.6 Å². The van der Waals surface area contributed by atoms with Crippen molar-refractivity contribution in [3.05, 3.63) is 45.1 Å². The predicted molar refractivity (Wildman–Crippen MR) is 125 cm³/mol. The number of nitrogens with zero attached hydrogens (tertiary/aromatic N) is 2. The smallest absolute Gasteiger partial charge is 0.316 e. The first-order valence-corrected chi connectivity index (χ1v) is 12.4. The minimum Gasteiger partial charge on any atom is -0.497 e. The normalized spacial score (nSPS) is 13.2. The number of aromatic nitrogens is 2. The van der Waals surface area contributed by atoms with Crippen LogP contribution in [0.1, 0.15) is 43.0 Å². The van der Waals surface area contributed by atoms with Crippen molar-refractivity contribution in [2.75, 3.05) is 19.5 Å².